The maximum atomic E-state index is 12.0. The van der Waals surface area contributed by atoms with E-state index in [0.717, 1.165) is 26.1 Å². The van der Waals surface area contributed by atoms with E-state index in [9.17, 15) is 4.79 Å². The molecule has 1 aliphatic heterocycles. The highest BCUT2D eigenvalue weighted by molar-refractivity contribution is 5.78. The zero-order valence-electron chi connectivity index (χ0n) is 12.7. The Hall–Kier alpha value is -1.39. The summed E-state index contributed by atoms with van der Waals surface area (Å²) in [4.78, 5) is 13.9. The lowest BCUT2D eigenvalue weighted by Crippen LogP contribution is -2.39. The van der Waals surface area contributed by atoms with E-state index in [0.29, 0.717) is 12.6 Å². The summed E-state index contributed by atoms with van der Waals surface area (Å²) < 4.78 is 0. The van der Waals surface area contributed by atoms with Gasteiger partial charge < -0.3 is 15.5 Å². The fourth-order valence-corrected chi connectivity index (χ4v) is 2.80. The van der Waals surface area contributed by atoms with Gasteiger partial charge in [-0.1, -0.05) is 18.2 Å². The van der Waals surface area contributed by atoms with Crippen molar-refractivity contribution in [3.63, 3.8) is 0 Å². The molecule has 1 aromatic rings. The van der Waals surface area contributed by atoms with Crippen LogP contribution in [-0.4, -0.2) is 44.0 Å². The molecular weight excluding hydrogens is 250 g/mol. The third-order valence-corrected chi connectivity index (χ3v) is 4.16. The summed E-state index contributed by atoms with van der Waals surface area (Å²) in [5.41, 5.74) is 4.06. The summed E-state index contributed by atoms with van der Waals surface area (Å²) in [6.45, 7) is 7.23. The number of carbonyl (C=O) groups excluding carboxylic acids is 1. The van der Waals surface area contributed by atoms with Gasteiger partial charge in [-0.25, -0.2) is 0 Å². The second kappa shape index (κ2) is 6.86. The molecule has 4 heteroatoms. The highest BCUT2D eigenvalue weighted by Crippen LogP contribution is 2.24. The monoisotopic (exact) mass is 275 g/mol. The molecule has 1 aromatic carbocycles. The Morgan fingerprint density at radius 2 is 2.20 bits per heavy atom. The predicted octanol–water partition coefficient (Wildman–Crippen LogP) is 1.39. The smallest absolute Gasteiger partial charge is 0.236 e. The Labute approximate surface area is 121 Å². The van der Waals surface area contributed by atoms with Gasteiger partial charge in [0.25, 0.3) is 0 Å². The highest BCUT2D eigenvalue weighted by atomic mass is 16.2. The third kappa shape index (κ3) is 3.38. The first-order valence-corrected chi connectivity index (χ1v) is 7.35. The number of carbonyl (C=O) groups is 1. The molecule has 0 saturated carbocycles. The summed E-state index contributed by atoms with van der Waals surface area (Å²) in [7, 11) is 1.81. The van der Waals surface area contributed by atoms with Gasteiger partial charge in [0.15, 0.2) is 0 Å². The molecule has 0 aliphatic carbocycles. The fourth-order valence-electron chi connectivity index (χ4n) is 2.80. The molecular formula is C16H25N3O. The van der Waals surface area contributed by atoms with Crippen molar-refractivity contribution in [3.05, 3.63) is 34.9 Å². The Kier molecular flexibility index (Phi) is 5.15. The number of hydrogen-bond donors (Lipinski definition) is 2. The van der Waals surface area contributed by atoms with Crippen molar-refractivity contribution in [2.24, 2.45) is 0 Å². The van der Waals surface area contributed by atoms with E-state index in [1.165, 1.54) is 16.7 Å². The Morgan fingerprint density at radius 3 is 2.95 bits per heavy atom. The van der Waals surface area contributed by atoms with Crippen LogP contribution < -0.4 is 10.6 Å². The fraction of sp³-hybridized carbons (Fsp3) is 0.562. The largest absolute Gasteiger partial charge is 0.340 e. The zero-order chi connectivity index (χ0) is 14.5. The van der Waals surface area contributed by atoms with Gasteiger partial charge in [0.05, 0.1) is 6.54 Å². The summed E-state index contributed by atoms with van der Waals surface area (Å²) in [6.07, 6.45) is 0.972. The van der Waals surface area contributed by atoms with Gasteiger partial charge in [0.2, 0.25) is 5.91 Å². The molecule has 20 heavy (non-hydrogen) atoms. The average Bonchev–Trinajstić information content (AvgIpc) is 2.68. The standard InChI is InChI=1S/C16H25N3O/c1-12-5-4-6-14(13(12)2)15-7-9-19(10-8-18-15)16(20)11-17-3/h4-6,15,17-18H,7-11H2,1-3H3. The number of aryl methyl sites for hydroxylation is 1. The molecule has 2 rings (SSSR count). The molecule has 1 fully saturated rings. The van der Waals surface area contributed by atoms with Crippen LogP contribution >= 0.6 is 0 Å². The molecule has 1 amide bonds. The van der Waals surface area contributed by atoms with Gasteiger partial charge in [-0.2, -0.15) is 0 Å². The number of nitrogens with zero attached hydrogens (tertiary/aromatic N) is 1. The Balaban J connectivity index is 2.06. The first kappa shape index (κ1) is 15.0. The maximum absolute atomic E-state index is 12.0. The SMILES string of the molecule is CNCC(=O)N1CCNC(c2cccc(C)c2C)CC1. The summed E-state index contributed by atoms with van der Waals surface area (Å²) in [5, 5.41) is 6.51. The van der Waals surface area contributed by atoms with E-state index in [1.54, 1.807) is 0 Å². The Bertz CT molecular complexity index is 473. The minimum Gasteiger partial charge on any atom is -0.340 e. The summed E-state index contributed by atoms with van der Waals surface area (Å²) in [5.74, 6) is 0.191. The van der Waals surface area contributed by atoms with Crippen molar-refractivity contribution in [1.29, 1.82) is 0 Å². The summed E-state index contributed by atoms with van der Waals surface area (Å²) in [6, 6.07) is 6.82. The Morgan fingerprint density at radius 1 is 1.40 bits per heavy atom. The van der Waals surface area contributed by atoms with Gasteiger partial charge >= 0.3 is 0 Å². The van der Waals surface area contributed by atoms with Crippen LogP contribution in [0.3, 0.4) is 0 Å². The molecule has 0 radical (unpaired) electrons. The molecule has 1 saturated heterocycles. The van der Waals surface area contributed by atoms with Crippen molar-refractivity contribution < 1.29 is 4.79 Å². The van der Waals surface area contributed by atoms with Gasteiger partial charge in [-0.15, -0.1) is 0 Å². The van der Waals surface area contributed by atoms with Crippen LogP contribution in [0.15, 0.2) is 18.2 Å². The first-order chi connectivity index (χ1) is 9.63. The number of likely N-dealkylation sites (N-methyl/N-ethyl adjacent to an activating group) is 1. The van der Waals surface area contributed by atoms with Crippen molar-refractivity contribution in [3.8, 4) is 0 Å². The van der Waals surface area contributed by atoms with Crippen LogP contribution in [0.5, 0.6) is 0 Å². The van der Waals surface area contributed by atoms with E-state index >= 15 is 0 Å². The van der Waals surface area contributed by atoms with Crippen molar-refractivity contribution in [2.45, 2.75) is 26.3 Å². The molecule has 4 nitrogen and oxygen atoms in total. The predicted molar refractivity (Wildman–Crippen MR) is 81.8 cm³/mol. The van der Waals surface area contributed by atoms with Gasteiger partial charge in [-0.3, -0.25) is 4.79 Å². The van der Waals surface area contributed by atoms with Crippen molar-refractivity contribution in [2.75, 3.05) is 33.2 Å². The van der Waals surface area contributed by atoms with E-state index in [-0.39, 0.29) is 5.91 Å². The zero-order valence-corrected chi connectivity index (χ0v) is 12.7. The van der Waals surface area contributed by atoms with E-state index in [1.807, 2.05) is 11.9 Å². The van der Waals surface area contributed by atoms with Crippen LogP contribution in [-0.2, 0) is 4.79 Å². The lowest BCUT2D eigenvalue weighted by atomic mass is 9.95. The molecule has 1 unspecified atom stereocenters. The second-order valence-corrected chi connectivity index (χ2v) is 5.50. The lowest BCUT2D eigenvalue weighted by Gasteiger charge is -2.21. The minimum atomic E-state index is 0.191. The lowest BCUT2D eigenvalue weighted by molar-refractivity contribution is -0.129. The van der Waals surface area contributed by atoms with E-state index < -0.39 is 0 Å². The van der Waals surface area contributed by atoms with Crippen LogP contribution in [0, 0.1) is 13.8 Å². The average molecular weight is 275 g/mol. The molecule has 110 valence electrons. The first-order valence-electron chi connectivity index (χ1n) is 7.35. The molecule has 0 bridgehead atoms. The van der Waals surface area contributed by atoms with Gasteiger partial charge in [0.1, 0.15) is 0 Å². The van der Waals surface area contributed by atoms with Crippen LogP contribution in [0.2, 0.25) is 0 Å². The van der Waals surface area contributed by atoms with Crippen LogP contribution in [0.4, 0.5) is 0 Å². The molecule has 1 atom stereocenters. The van der Waals surface area contributed by atoms with E-state index in [4.69, 9.17) is 0 Å². The van der Waals surface area contributed by atoms with Crippen LogP contribution in [0.25, 0.3) is 0 Å². The quantitative estimate of drug-likeness (QED) is 0.876. The molecule has 1 aliphatic rings. The van der Waals surface area contributed by atoms with Crippen LogP contribution in [0.1, 0.15) is 29.2 Å². The number of rotatable bonds is 3. The second-order valence-electron chi connectivity index (χ2n) is 5.50. The third-order valence-electron chi connectivity index (χ3n) is 4.16. The number of hydrogen-bond acceptors (Lipinski definition) is 3. The maximum Gasteiger partial charge on any atom is 0.236 e. The van der Waals surface area contributed by atoms with Gasteiger partial charge in [0, 0.05) is 25.7 Å². The minimum absolute atomic E-state index is 0.191. The molecule has 0 spiro atoms. The molecule has 0 aromatic heterocycles. The molecule has 2 N–H and O–H groups in total. The number of benzene rings is 1. The molecule has 1 heterocycles. The van der Waals surface area contributed by atoms with E-state index in [2.05, 4.69) is 42.7 Å². The summed E-state index contributed by atoms with van der Waals surface area (Å²) >= 11 is 0. The highest BCUT2D eigenvalue weighted by Gasteiger charge is 2.21. The normalized spacial score (nSPS) is 19.8. The van der Waals surface area contributed by atoms with Crippen molar-refractivity contribution >= 4 is 5.91 Å². The topological polar surface area (TPSA) is 44.4 Å². The van der Waals surface area contributed by atoms with Crippen molar-refractivity contribution in [1.82, 2.24) is 15.5 Å². The number of nitrogens with one attached hydrogen (secondary N) is 2. The number of amides is 1. The van der Waals surface area contributed by atoms with Gasteiger partial charge in [-0.05, 0) is 44.0 Å².